The zero-order chi connectivity index (χ0) is 28.5. The predicted molar refractivity (Wildman–Crippen MR) is 137 cm³/mol. The Bertz CT molecular complexity index is 1230. The van der Waals surface area contributed by atoms with E-state index in [1.165, 1.54) is 9.36 Å². The number of carbonyl (C=O) groups is 3. The molecule has 0 aromatic carbocycles. The maximum absolute atomic E-state index is 13.3. The van der Waals surface area contributed by atoms with Gasteiger partial charge in [-0.2, -0.15) is 23.4 Å². The van der Waals surface area contributed by atoms with Crippen molar-refractivity contribution in [3.8, 4) is 0 Å². The zero-order valence-electron chi connectivity index (χ0n) is 21.9. The maximum atomic E-state index is 13.3. The van der Waals surface area contributed by atoms with Gasteiger partial charge >= 0.3 is 12.3 Å². The van der Waals surface area contributed by atoms with Crippen LogP contribution in [-0.2, 0) is 27.0 Å². The number of aryl methyl sites for hydroxylation is 2. The summed E-state index contributed by atoms with van der Waals surface area (Å²) in [6.07, 6.45) is -1.95. The molecule has 1 saturated carbocycles. The highest BCUT2D eigenvalue weighted by Gasteiger charge is 2.41. The number of hydrogen-bond acceptors (Lipinski definition) is 6. The molecule has 1 saturated heterocycles. The van der Waals surface area contributed by atoms with Crippen LogP contribution in [0.15, 0.2) is 10.7 Å². The lowest BCUT2D eigenvalue weighted by molar-refractivity contribution is -0.142. The fourth-order valence-electron chi connectivity index (χ4n) is 4.48. The quantitative estimate of drug-likeness (QED) is 0.480. The van der Waals surface area contributed by atoms with Crippen LogP contribution in [0.2, 0.25) is 0 Å². The molecule has 15 heteroatoms. The van der Waals surface area contributed by atoms with Crippen molar-refractivity contribution in [2.24, 2.45) is 0 Å². The van der Waals surface area contributed by atoms with Crippen LogP contribution in [0.3, 0.4) is 0 Å². The molecular weight excluding hydrogens is 587 g/mol. The van der Waals surface area contributed by atoms with E-state index in [1.807, 2.05) is 0 Å². The Balaban J connectivity index is 1.34. The third-order valence-electron chi connectivity index (χ3n) is 6.78. The summed E-state index contributed by atoms with van der Waals surface area (Å²) in [5, 5.41) is 10.8. The van der Waals surface area contributed by atoms with E-state index in [0.717, 1.165) is 12.8 Å². The maximum Gasteiger partial charge on any atom is 0.436 e. The predicted octanol–water partition coefficient (Wildman–Crippen LogP) is 3.94. The van der Waals surface area contributed by atoms with Gasteiger partial charge in [0.2, 0.25) is 11.8 Å². The minimum atomic E-state index is -4.59. The molecule has 2 aliphatic rings. The molecule has 2 fully saturated rings. The number of anilines is 1. The molecule has 1 atom stereocenters. The van der Waals surface area contributed by atoms with Gasteiger partial charge in [0.05, 0.1) is 34.7 Å². The fourth-order valence-corrected chi connectivity index (χ4v) is 5.31. The lowest BCUT2D eigenvalue weighted by Crippen LogP contribution is -2.52. The number of ether oxygens (including phenoxy) is 1. The van der Waals surface area contributed by atoms with Gasteiger partial charge < -0.3 is 19.9 Å². The summed E-state index contributed by atoms with van der Waals surface area (Å²) in [7, 11) is 0. The minimum absolute atomic E-state index is 0.00123. The number of rotatable bonds is 8. The molecule has 214 valence electrons. The van der Waals surface area contributed by atoms with Gasteiger partial charge in [0.15, 0.2) is 5.69 Å². The molecular formula is C24H31BrF3N7O4. The topological polar surface area (TPSA) is 115 Å². The van der Waals surface area contributed by atoms with Crippen LogP contribution in [0.1, 0.15) is 62.2 Å². The normalized spacial score (nSPS) is 16.8. The van der Waals surface area contributed by atoms with Crippen molar-refractivity contribution in [1.29, 1.82) is 0 Å². The van der Waals surface area contributed by atoms with E-state index in [-0.39, 0.29) is 35.9 Å². The number of hydrogen-bond donors (Lipinski definition) is 1. The highest BCUT2D eigenvalue weighted by atomic mass is 79.9. The molecule has 3 amide bonds. The number of carbonyl (C=O) groups excluding carboxylic acids is 3. The average Bonchev–Trinajstić information content (AvgIpc) is 3.57. The largest absolute Gasteiger partial charge is 0.450 e. The number of halogens is 4. The first-order valence-electron chi connectivity index (χ1n) is 12.8. The molecule has 1 unspecified atom stereocenters. The second-order valence-electron chi connectivity index (χ2n) is 9.64. The number of amides is 3. The van der Waals surface area contributed by atoms with E-state index in [2.05, 4.69) is 31.4 Å². The van der Waals surface area contributed by atoms with Gasteiger partial charge in [-0.3, -0.25) is 19.0 Å². The van der Waals surface area contributed by atoms with Crippen LogP contribution in [0.25, 0.3) is 0 Å². The van der Waals surface area contributed by atoms with Crippen LogP contribution < -0.4 is 5.32 Å². The van der Waals surface area contributed by atoms with Crippen LogP contribution in [-0.4, -0.2) is 80.1 Å². The molecule has 3 heterocycles. The van der Waals surface area contributed by atoms with Crippen molar-refractivity contribution in [3.05, 3.63) is 27.8 Å². The highest BCUT2D eigenvalue weighted by molar-refractivity contribution is 9.10. The van der Waals surface area contributed by atoms with Gasteiger partial charge in [-0.15, -0.1) is 0 Å². The minimum Gasteiger partial charge on any atom is -0.450 e. The molecule has 11 nitrogen and oxygen atoms in total. The highest BCUT2D eigenvalue weighted by Crippen LogP contribution is 2.47. The SMILES string of the molecule is CCOC(=O)N1CCN(C(=O)C(C)n2cc(NC(=O)CCn3nc(C(F)(F)F)c(Br)c3C3CC3)c(C)n2)CC1. The molecule has 1 aliphatic heterocycles. The lowest BCUT2D eigenvalue weighted by atomic mass is 10.2. The number of nitrogens with one attached hydrogen (secondary N) is 1. The monoisotopic (exact) mass is 617 g/mol. The van der Waals surface area contributed by atoms with E-state index in [1.54, 1.807) is 36.8 Å². The van der Waals surface area contributed by atoms with Crippen molar-refractivity contribution in [2.45, 2.75) is 64.7 Å². The molecule has 0 bridgehead atoms. The molecule has 2 aromatic rings. The Morgan fingerprint density at radius 1 is 1.15 bits per heavy atom. The van der Waals surface area contributed by atoms with E-state index in [9.17, 15) is 27.6 Å². The second-order valence-corrected chi connectivity index (χ2v) is 10.4. The molecule has 1 aliphatic carbocycles. The molecule has 1 N–H and O–H groups in total. The first kappa shape index (κ1) is 28.9. The molecule has 2 aromatic heterocycles. The van der Waals surface area contributed by atoms with Gasteiger partial charge in [0.1, 0.15) is 6.04 Å². The van der Waals surface area contributed by atoms with E-state index in [0.29, 0.717) is 43.3 Å². The summed E-state index contributed by atoms with van der Waals surface area (Å²) in [6, 6.07) is -0.646. The van der Waals surface area contributed by atoms with Gasteiger partial charge in [-0.1, -0.05) is 0 Å². The zero-order valence-corrected chi connectivity index (χ0v) is 23.5. The third-order valence-corrected chi connectivity index (χ3v) is 7.56. The Morgan fingerprint density at radius 3 is 2.38 bits per heavy atom. The lowest BCUT2D eigenvalue weighted by Gasteiger charge is -2.35. The summed E-state index contributed by atoms with van der Waals surface area (Å²) < 4.78 is 47.7. The number of aromatic nitrogens is 4. The van der Waals surface area contributed by atoms with Crippen molar-refractivity contribution in [1.82, 2.24) is 29.4 Å². The van der Waals surface area contributed by atoms with E-state index < -0.39 is 29.9 Å². The molecule has 39 heavy (non-hydrogen) atoms. The first-order chi connectivity index (χ1) is 18.4. The van der Waals surface area contributed by atoms with E-state index >= 15 is 0 Å². The van der Waals surface area contributed by atoms with Gasteiger partial charge in [0, 0.05) is 44.7 Å². The first-order valence-corrected chi connectivity index (χ1v) is 13.6. The second kappa shape index (κ2) is 11.6. The van der Waals surface area contributed by atoms with Crippen LogP contribution in [0.4, 0.5) is 23.7 Å². The smallest absolute Gasteiger partial charge is 0.436 e. The molecule has 0 spiro atoms. The Hall–Kier alpha value is -3.10. The Morgan fingerprint density at radius 2 is 1.79 bits per heavy atom. The van der Waals surface area contributed by atoms with Gasteiger partial charge in [0.25, 0.3) is 0 Å². The van der Waals surface area contributed by atoms with Gasteiger partial charge in [-0.05, 0) is 49.5 Å². The summed E-state index contributed by atoms with van der Waals surface area (Å²) >= 11 is 3.05. The van der Waals surface area contributed by atoms with Crippen molar-refractivity contribution in [2.75, 3.05) is 38.1 Å². The van der Waals surface area contributed by atoms with Crippen LogP contribution in [0.5, 0.6) is 0 Å². The van der Waals surface area contributed by atoms with E-state index in [4.69, 9.17) is 4.74 Å². The summed E-state index contributed by atoms with van der Waals surface area (Å²) in [4.78, 5) is 40.8. The van der Waals surface area contributed by atoms with Crippen LogP contribution in [0, 0.1) is 6.92 Å². The summed E-state index contributed by atoms with van der Waals surface area (Å²) in [5.74, 6) is -0.580. The van der Waals surface area contributed by atoms with Crippen LogP contribution >= 0.6 is 15.9 Å². The van der Waals surface area contributed by atoms with Crippen molar-refractivity contribution in [3.63, 3.8) is 0 Å². The summed E-state index contributed by atoms with van der Waals surface area (Å²) in [5.41, 5.74) is 0.388. The Kier molecular flexibility index (Phi) is 8.57. The fraction of sp³-hybridized carbons (Fsp3) is 0.625. The third kappa shape index (κ3) is 6.56. The van der Waals surface area contributed by atoms with Gasteiger partial charge in [-0.25, -0.2) is 4.79 Å². The number of piperazine rings is 1. The van der Waals surface area contributed by atoms with Crippen molar-refractivity contribution < 1.29 is 32.3 Å². The Labute approximate surface area is 231 Å². The number of alkyl halides is 3. The molecule has 0 radical (unpaired) electrons. The number of nitrogens with zero attached hydrogens (tertiary/aromatic N) is 6. The molecule has 4 rings (SSSR count). The average molecular weight is 618 g/mol. The van der Waals surface area contributed by atoms with Crippen molar-refractivity contribution >= 4 is 39.5 Å². The standard InChI is InChI=1S/C24H31BrF3N7O4/c1-4-39-23(38)33-11-9-32(10-12-33)22(37)15(3)35-13-17(14(2)30-35)29-18(36)7-8-34-20(16-5-6-16)19(25)21(31-34)24(26,27)28/h13,15-16H,4-12H2,1-3H3,(H,29,36). The summed E-state index contributed by atoms with van der Waals surface area (Å²) in [6.45, 7) is 6.88.